The minimum Gasteiger partial charge on any atom is -0.348 e. The molecular weight excluding hydrogens is 296 g/mol. The van der Waals surface area contributed by atoms with Gasteiger partial charge in [-0.15, -0.1) is 0 Å². The van der Waals surface area contributed by atoms with Crippen LogP contribution in [0, 0.1) is 10.1 Å². The highest BCUT2D eigenvalue weighted by molar-refractivity contribution is 5.76. The van der Waals surface area contributed by atoms with Gasteiger partial charge in [-0.2, -0.15) is 5.10 Å². The summed E-state index contributed by atoms with van der Waals surface area (Å²) in [4.78, 5) is 22.1. The maximum absolute atomic E-state index is 12.0. The number of nitrogens with one attached hydrogen (secondary N) is 1. The van der Waals surface area contributed by atoms with Crippen molar-refractivity contribution in [1.29, 1.82) is 0 Å². The number of rotatable bonds is 6. The first-order valence-corrected chi connectivity index (χ1v) is 7.43. The van der Waals surface area contributed by atoms with Crippen LogP contribution in [0.3, 0.4) is 0 Å². The van der Waals surface area contributed by atoms with Crippen LogP contribution in [0.5, 0.6) is 0 Å². The fourth-order valence-corrected chi connectivity index (χ4v) is 2.22. The van der Waals surface area contributed by atoms with Crippen LogP contribution in [0.25, 0.3) is 0 Å². The van der Waals surface area contributed by atoms with Crippen molar-refractivity contribution in [3.05, 3.63) is 57.9 Å². The van der Waals surface area contributed by atoms with Gasteiger partial charge in [-0.05, 0) is 24.0 Å². The Kier molecular flexibility index (Phi) is 5.10. The van der Waals surface area contributed by atoms with Crippen LogP contribution >= 0.6 is 0 Å². The Labute approximate surface area is 134 Å². The molecule has 0 radical (unpaired) electrons. The Morgan fingerprint density at radius 3 is 2.39 bits per heavy atom. The van der Waals surface area contributed by atoms with E-state index in [0.717, 1.165) is 11.8 Å². The van der Waals surface area contributed by atoms with Gasteiger partial charge in [-0.25, -0.2) is 0 Å². The van der Waals surface area contributed by atoms with Gasteiger partial charge < -0.3 is 5.32 Å². The smallest absolute Gasteiger partial charge is 0.307 e. The van der Waals surface area contributed by atoms with E-state index in [9.17, 15) is 14.9 Å². The molecule has 2 aromatic rings. The summed E-state index contributed by atoms with van der Waals surface area (Å²) in [6.45, 7) is 6.10. The molecule has 23 heavy (non-hydrogen) atoms. The molecule has 0 saturated heterocycles. The summed E-state index contributed by atoms with van der Waals surface area (Å²) >= 11 is 0. The van der Waals surface area contributed by atoms with E-state index in [1.807, 2.05) is 19.1 Å². The zero-order valence-corrected chi connectivity index (χ0v) is 13.4. The summed E-state index contributed by atoms with van der Waals surface area (Å²) in [6.07, 6.45) is 2.36. The van der Waals surface area contributed by atoms with E-state index >= 15 is 0 Å². The summed E-state index contributed by atoms with van der Waals surface area (Å²) in [7, 11) is 0. The van der Waals surface area contributed by atoms with Crippen molar-refractivity contribution in [2.45, 2.75) is 39.3 Å². The fraction of sp³-hybridized carbons (Fsp3) is 0.375. The van der Waals surface area contributed by atoms with E-state index in [2.05, 4.69) is 36.4 Å². The normalized spacial score (nSPS) is 12.2. The van der Waals surface area contributed by atoms with Crippen molar-refractivity contribution >= 4 is 11.6 Å². The lowest BCUT2D eigenvalue weighted by molar-refractivity contribution is -0.385. The molecule has 0 fully saturated rings. The van der Waals surface area contributed by atoms with Crippen molar-refractivity contribution in [3.8, 4) is 0 Å². The topological polar surface area (TPSA) is 90.1 Å². The summed E-state index contributed by atoms with van der Waals surface area (Å²) < 4.78 is 1.25. The molecule has 1 aromatic carbocycles. The molecule has 0 aliphatic carbocycles. The largest absolute Gasteiger partial charge is 0.348 e. The number of carbonyl (C=O) groups is 1. The highest BCUT2D eigenvalue weighted by Crippen LogP contribution is 2.18. The average Bonchev–Trinajstić information content (AvgIpc) is 2.95. The predicted octanol–water partition coefficient (Wildman–Crippen LogP) is 2.79. The number of hydrogen-bond acceptors (Lipinski definition) is 4. The predicted molar refractivity (Wildman–Crippen MR) is 86.0 cm³/mol. The molecule has 1 N–H and O–H groups in total. The number of amides is 1. The maximum atomic E-state index is 12.0. The van der Waals surface area contributed by atoms with Crippen LogP contribution in [0.1, 0.15) is 43.9 Å². The van der Waals surface area contributed by atoms with Crippen molar-refractivity contribution in [1.82, 2.24) is 15.1 Å². The Morgan fingerprint density at radius 1 is 1.26 bits per heavy atom. The average molecular weight is 316 g/mol. The van der Waals surface area contributed by atoms with Crippen molar-refractivity contribution in [2.75, 3.05) is 0 Å². The first kappa shape index (κ1) is 16.7. The number of nitro groups is 1. The third-order valence-corrected chi connectivity index (χ3v) is 3.62. The highest BCUT2D eigenvalue weighted by atomic mass is 16.6. The lowest BCUT2D eigenvalue weighted by Gasteiger charge is -2.15. The van der Waals surface area contributed by atoms with Crippen LogP contribution in [-0.2, 0) is 11.3 Å². The summed E-state index contributed by atoms with van der Waals surface area (Å²) in [5.41, 5.74) is 2.13. The van der Waals surface area contributed by atoms with E-state index in [-0.39, 0.29) is 24.2 Å². The van der Waals surface area contributed by atoms with Crippen LogP contribution in [0.2, 0.25) is 0 Å². The zero-order valence-electron chi connectivity index (χ0n) is 13.4. The number of carbonyl (C=O) groups excluding carboxylic acids is 1. The molecule has 7 heteroatoms. The van der Waals surface area contributed by atoms with E-state index in [1.165, 1.54) is 16.4 Å². The molecule has 7 nitrogen and oxygen atoms in total. The molecule has 1 heterocycles. The molecule has 1 amide bonds. The molecule has 0 bridgehead atoms. The minimum absolute atomic E-state index is 0.0533. The second kappa shape index (κ2) is 7.04. The quantitative estimate of drug-likeness (QED) is 0.655. The van der Waals surface area contributed by atoms with Gasteiger partial charge in [0.25, 0.3) is 0 Å². The molecule has 0 aliphatic heterocycles. The lowest BCUT2D eigenvalue weighted by atomic mass is 9.99. The molecular formula is C16H20N4O3. The van der Waals surface area contributed by atoms with Crippen LogP contribution in [0.4, 0.5) is 5.69 Å². The van der Waals surface area contributed by atoms with Crippen LogP contribution in [-0.4, -0.2) is 20.6 Å². The van der Waals surface area contributed by atoms with E-state index in [1.54, 1.807) is 0 Å². The summed E-state index contributed by atoms with van der Waals surface area (Å²) in [6, 6.07) is 7.96. The molecule has 0 aliphatic rings. The minimum atomic E-state index is -0.541. The fourth-order valence-electron chi connectivity index (χ4n) is 2.22. The van der Waals surface area contributed by atoms with Gasteiger partial charge in [0.2, 0.25) is 5.91 Å². The van der Waals surface area contributed by atoms with E-state index < -0.39 is 4.92 Å². The standard InChI is InChI=1S/C16H20N4O3/c1-11(2)13-4-6-14(7-5-13)12(3)18-16(21)10-19-9-15(8-17-19)20(22)23/h4-9,11-12H,10H2,1-3H3,(H,18,21)/t12-/m0/s1. The molecule has 1 atom stereocenters. The first-order chi connectivity index (χ1) is 10.9. The van der Waals surface area contributed by atoms with Gasteiger partial charge in [0.1, 0.15) is 18.9 Å². The van der Waals surface area contributed by atoms with Crippen molar-refractivity contribution in [3.63, 3.8) is 0 Å². The molecule has 0 saturated carbocycles. The third-order valence-electron chi connectivity index (χ3n) is 3.62. The Bertz CT molecular complexity index is 692. The van der Waals surface area contributed by atoms with Gasteiger partial charge in [-0.3, -0.25) is 19.6 Å². The van der Waals surface area contributed by atoms with E-state index in [0.29, 0.717) is 5.92 Å². The van der Waals surface area contributed by atoms with E-state index in [4.69, 9.17) is 0 Å². The third kappa shape index (κ3) is 4.38. The zero-order chi connectivity index (χ0) is 17.0. The second-order valence-corrected chi connectivity index (χ2v) is 5.76. The molecule has 0 unspecified atom stereocenters. The van der Waals surface area contributed by atoms with Crippen LogP contribution in [0.15, 0.2) is 36.7 Å². The van der Waals surface area contributed by atoms with Crippen LogP contribution < -0.4 is 5.32 Å². The van der Waals surface area contributed by atoms with Crippen molar-refractivity contribution < 1.29 is 9.72 Å². The van der Waals surface area contributed by atoms with Gasteiger partial charge in [0.05, 0.1) is 11.0 Å². The summed E-state index contributed by atoms with van der Waals surface area (Å²) in [5.74, 6) is 0.216. The highest BCUT2D eigenvalue weighted by Gasteiger charge is 2.13. The monoisotopic (exact) mass is 316 g/mol. The van der Waals surface area contributed by atoms with Gasteiger partial charge in [0.15, 0.2) is 0 Å². The Morgan fingerprint density at radius 2 is 1.87 bits per heavy atom. The van der Waals surface area contributed by atoms with Gasteiger partial charge in [0, 0.05) is 0 Å². The summed E-state index contributed by atoms with van der Waals surface area (Å²) in [5, 5.41) is 17.3. The number of hydrogen-bond donors (Lipinski definition) is 1. The lowest BCUT2D eigenvalue weighted by Crippen LogP contribution is -2.30. The van der Waals surface area contributed by atoms with Gasteiger partial charge in [-0.1, -0.05) is 38.1 Å². The van der Waals surface area contributed by atoms with Gasteiger partial charge >= 0.3 is 5.69 Å². The maximum Gasteiger partial charge on any atom is 0.307 e. The first-order valence-electron chi connectivity index (χ1n) is 7.43. The Hall–Kier alpha value is -2.70. The number of aromatic nitrogens is 2. The molecule has 2 rings (SSSR count). The second-order valence-electron chi connectivity index (χ2n) is 5.76. The molecule has 122 valence electrons. The molecule has 1 aromatic heterocycles. The van der Waals surface area contributed by atoms with Crippen molar-refractivity contribution in [2.24, 2.45) is 0 Å². The Balaban J connectivity index is 1.94. The number of benzene rings is 1. The SMILES string of the molecule is CC(C)c1ccc([C@H](C)NC(=O)Cn2cc([N+](=O)[O-])cn2)cc1. The molecule has 0 spiro atoms. The number of nitrogens with zero attached hydrogens (tertiary/aromatic N) is 3.